The molecule has 1 saturated heterocycles. The van der Waals surface area contributed by atoms with E-state index in [4.69, 9.17) is 0 Å². The number of nitrogens with zero attached hydrogens (tertiary/aromatic N) is 3. The van der Waals surface area contributed by atoms with Crippen LogP contribution in [0.4, 0.5) is 17.1 Å². The van der Waals surface area contributed by atoms with Gasteiger partial charge in [0.2, 0.25) is 10.0 Å². The number of likely N-dealkylation sites (N-methyl/N-ethyl adjacent to an activating group) is 1. The Bertz CT molecular complexity index is 1080. The van der Waals surface area contributed by atoms with Gasteiger partial charge in [-0.2, -0.15) is 4.31 Å². The lowest BCUT2D eigenvalue weighted by Crippen LogP contribution is -2.46. The van der Waals surface area contributed by atoms with Crippen molar-refractivity contribution in [2.75, 3.05) is 36.5 Å². The van der Waals surface area contributed by atoms with E-state index < -0.39 is 10.0 Å². The molecule has 178 valence electrons. The Morgan fingerprint density at radius 1 is 0.879 bits per heavy atom. The molecule has 7 heteroatoms. The summed E-state index contributed by atoms with van der Waals surface area (Å²) in [5.74, 6) is 0.393. The van der Waals surface area contributed by atoms with Gasteiger partial charge in [-0.15, -0.1) is 0 Å². The molecule has 2 aliphatic heterocycles. The fourth-order valence-electron chi connectivity index (χ4n) is 5.88. The lowest BCUT2D eigenvalue weighted by molar-refractivity contribution is 0.218. The van der Waals surface area contributed by atoms with Gasteiger partial charge in [-0.05, 0) is 78.2 Å². The third-order valence-corrected chi connectivity index (χ3v) is 10.3. The summed E-state index contributed by atoms with van der Waals surface area (Å²) in [4.78, 5) is 5.06. The Kier molecular flexibility index (Phi) is 6.74. The summed E-state index contributed by atoms with van der Waals surface area (Å²) >= 11 is 3.73. The molecular formula is C26H34BrN3O2S. The number of fused-ring (bicyclic) bond motifs is 1. The van der Waals surface area contributed by atoms with Crippen LogP contribution in [0.25, 0.3) is 0 Å². The molecule has 3 aliphatic rings. The van der Waals surface area contributed by atoms with Crippen LogP contribution in [0.2, 0.25) is 0 Å². The number of piperidine rings is 1. The largest absolute Gasteiger partial charge is 0.371 e. The van der Waals surface area contributed by atoms with Crippen molar-refractivity contribution >= 4 is 43.0 Å². The average molecular weight is 533 g/mol. The molecule has 1 saturated carbocycles. The molecule has 5 rings (SSSR count). The fraction of sp³-hybridized carbons (Fsp3) is 0.538. The van der Waals surface area contributed by atoms with Gasteiger partial charge in [0.1, 0.15) is 4.90 Å². The van der Waals surface area contributed by atoms with E-state index in [0.717, 1.165) is 47.5 Å². The first kappa shape index (κ1) is 23.2. The van der Waals surface area contributed by atoms with Crippen LogP contribution in [-0.4, -0.2) is 45.4 Å². The molecule has 2 heterocycles. The van der Waals surface area contributed by atoms with Gasteiger partial charge in [-0.25, -0.2) is 8.42 Å². The van der Waals surface area contributed by atoms with E-state index in [9.17, 15) is 8.42 Å². The lowest BCUT2D eigenvalue weighted by Gasteiger charge is -2.37. The van der Waals surface area contributed by atoms with E-state index >= 15 is 0 Å². The minimum Gasteiger partial charge on any atom is -0.371 e. The van der Waals surface area contributed by atoms with Crippen LogP contribution < -0.4 is 9.80 Å². The summed E-state index contributed by atoms with van der Waals surface area (Å²) in [6, 6.07) is 14.2. The van der Waals surface area contributed by atoms with Crippen LogP contribution in [0.5, 0.6) is 0 Å². The van der Waals surface area contributed by atoms with Gasteiger partial charge < -0.3 is 9.80 Å². The van der Waals surface area contributed by atoms with Gasteiger partial charge in [0.25, 0.3) is 0 Å². The molecule has 0 radical (unpaired) electrons. The number of para-hydroxylation sites is 1. The van der Waals surface area contributed by atoms with Gasteiger partial charge >= 0.3 is 0 Å². The molecular weight excluding hydrogens is 498 g/mol. The summed E-state index contributed by atoms with van der Waals surface area (Å²) in [6.45, 7) is 2.71. The predicted octanol–water partition coefficient (Wildman–Crippen LogP) is 6.16. The van der Waals surface area contributed by atoms with Crippen molar-refractivity contribution in [2.24, 2.45) is 5.92 Å². The summed E-state index contributed by atoms with van der Waals surface area (Å²) in [6.07, 6.45) is 9.47. The third kappa shape index (κ3) is 4.44. The van der Waals surface area contributed by atoms with Crippen molar-refractivity contribution < 1.29 is 8.42 Å². The van der Waals surface area contributed by atoms with Crippen LogP contribution in [0.3, 0.4) is 0 Å². The minimum atomic E-state index is -3.62. The van der Waals surface area contributed by atoms with E-state index in [2.05, 4.69) is 43.9 Å². The summed E-state index contributed by atoms with van der Waals surface area (Å²) in [5.41, 5.74) is 2.95. The number of sulfonamides is 1. The second-order valence-electron chi connectivity index (χ2n) is 9.75. The second-order valence-corrected chi connectivity index (χ2v) is 12.6. The molecule has 0 spiro atoms. The molecule has 0 aromatic heterocycles. The maximum absolute atomic E-state index is 14.0. The zero-order valence-electron chi connectivity index (χ0n) is 19.4. The molecule has 0 amide bonds. The molecule has 1 aliphatic carbocycles. The van der Waals surface area contributed by atoms with E-state index in [1.165, 1.54) is 38.5 Å². The van der Waals surface area contributed by atoms with Crippen molar-refractivity contribution in [1.29, 1.82) is 0 Å². The molecule has 0 N–H and O–H groups in total. The van der Waals surface area contributed by atoms with Crippen molar-refractivity contribution in [3.05, 3.63) is 46.9 Å². The number of rotatable bonds is 3. The SMILES string of the molecule is CN1[C@H](C2CCCCC2)CN(c2ccccc2)c2cc(N3CCCCC3)c(Br)cc2S1(=O)=O. The summed E-state index contributed by atoms with van der Waals surface area (Å²) < 4.78 is 30.5. The summed E-state index contributed by atoms with van der Waals surface area (Å²) in [7, 11) is -1.83. The van der Waals surface area contributed by atoms with Gasteiger partial charge in [-0.1, -0.05) is 37.5 Å². The smallest absolute Gasteiger partial charge is 0.245 e. The van der Waals surface area contributed by atoms with Crippen molar-refractivity contribution in [3.8, 4) is 0 Å². The Balaban J connectivity index is 1.66. The minimum absolute atomic E-state index is 0.0416. The third-order valence-electron chi connectivity index (χ3n) is 7.77. The Morgan fingerprint density at radius 3 is 2.24 bits per heavy atom. The molecule has 2 aromatic rings. The number of hydrogen-bond acceptors (Lipinski definition) is 4. The highest BCUT2D eigenvalue weighted by Crippen LogP contribution is 2.44. The highest BCUT2D eigenvalue weighted by atomic mass is 79.9. The number of halogens is 1. The second kappa shape index (κ2) is 9.59. The van der Waals surface area contributed by atoms with E-state index in [1.807, 2.05) is 24.3 Å². The highest BCUT2D eigenvalue weighted by Gasteiger charge is 2.41. The average Bonchev–Trinajstić information content (AvgIpc) is 2.93. The highest BCUT2D eigenvalue weighted by molar-refractivity contribution is 9.10. The van der Waals surface area contributed by atoms with Gasteiger partial charge in [-0.3, -0.25) is 0 Å². The molecule has 1 atom stereocenters. The zero-order valence-corrected chi connectivity index (χ0v) is 21.8. The Morgan fingerprint density at radius 2 is 1.55 bits per heavy atom. The van der Waals surface area contributed by atoms with Crippen LogP contribution in [-0.2, 0) is 10.0 Å². The molecule has 2 fully saturated rings. The van der Waals surface area contributed by atoms with Crippen molar-refractivity contribution in [3.63, 3.8) is 0 Å². The Labute approximate surface area is 206 Å². The number of hydrogen-bond donors (Lipinski definition) is 0. The normalized spacial score (nSPS) is 24.4. The van der Waals surface area contributed by atoms with Crippen LogP contribution in [0.15, 0.2) is 51.8 Å². The first-order chi connectivity index (χ1) is 16.0. The quantitative estimate of drug-likeness (QED) is 0.475. The van der Waals surface area contributed by atoms with Gasteiger partial charge in [0, 0.05) is 42.9 Å². The van der Waals surface area contributed by atoms with Crippen LogP contribution >= 0.6 is 15.9 Å². The fourth-order valence-corrected chi connectivity index (χ4v) is 8.23. The van der Waals surface area contributed by atoms with Crippen LogP contribution in [0.1, 0.15) is 51.4 Å². The standard InChI is InChI=1S/C26H34BrN3O2S/c1-28-25(20-11-5-2-6-12-20)19-30(21-13-7-3-8-14-21)24-18-23(29-15-9-4-10-16-29)22(27)17-26(24)33(28,31)32/h3,7-8,13-14,17-18,20,25H,2,4-6,9-12,15-16,19H2,1H3/t25-/m0/s1. The molecule has 33 heavy (non-hydrogen) atoms. The number of anilines is 3. The maximum atomic E-state index is 14.0. The molecule has 5 nitrogen and oxygen atoms in total. The van der Waals surface area contributed by atoms with Gasteiger partial charge in [0.05, 0.1) is 11.4 Å². The van der Waals surface area contributed by atoms with Gasteiger partial charge in [0.15, 0.2) is 0 Å². The van der Waals surface area contributed by atoms with E-state index in [0.29, 0.717) is 17.4 Å². The zero-order chi connectivity index (χ0) is 23.0. The maximum Gasteiger partial charge on any atom is 0.245 e. The molecule has 0 unspecified atom stereocenters. The first-order valence-corrected chi connectivity index (χ1v) is 14.6. The lowest BCUT2D eigenvalue weighted by atomic mass is 9.83. The topological polar surface area (TPSA) is 43.9 Å². The van der Waals surface area contributed by atoms with Crippen LogP contribution in [0, 0.1) is 5.92 Å². The number of benzene rings is 2. The summed E-state index contributed by atoms with van der Waals surface area (Å²) in [5, 5.41) is 0. The molecule has 2 aromatic carbocycles. The van der Waals surface area contributed by atoms with Crippen molar-refractivity contribution in [1.82, 2.24) is 4.31 Å². The van der Waals surface area contributed by atoms with E-state index in [1.54, 1.807) is 11.4 Å². The predicted molar refractivity (Wildman–Crippen MR) is 139 cm³/mol. The van der Waals surface area contributed by atoms with E-state index in [-0.39, 0.29) is 6.04 Å². The van der Waals surface area contributed by atoms with Crippen molar-refractivity contribution in [2.45, 2.75) is 62.3 Å². The molecule has 0 bridgehead atoms. The monoisotopic (exact) mass is 531 g/mol. The Hall–Kier alpha value is -1.57. The first-order valence-electron chi connectivity index (χ1n) is 12.4.